The number of anilines is 1. The van der Waals surface area contributed by atoms with E-state index in [9.17, 15) is 9.90 Å². The Morgan fingerprint density at radius 2 is 1.86 bits per heavy atom. The van der Waals surface area contributed by atoms with Crippen LogP contribution in [-0.2, 0) is 6.54 Å². The van der Waals surface area contributed by atoms with Crippen LogP contribution in [-0.4, -0.2) is 21.3 Å². The van der Waals surface area contributed by atoms with Gasteiger partial charge in [-0.15, -0.1) is 0 Å². The normalized spacial score (nSPS) is 9.90. The lowest BCUT2D eigenvalue weighted by molar-refractivity contribution is 0.0694. The SMILES string of the molecule is O=C(O)c1ccc(NC(=S)NCc2ccccc2)cc1O. The number of thiocarbonyl (C=S) groups is 1. The molecular formula is C15H14N2O3S. The third kappa shape index (κ3) is 4.19. The van der Waals surface area contributed by atoms with Crippen molar-refractivity contribution in [1.82, 2.24) is 5.32 Å². The van der Waals surface area contributed by atoms with E-state index in [1.54, 1.807) is 6.07 Å². The van der Waals surface area contributed by atoms with E-state index in [0.717, 1.165) is 5.56 Å². The molecule has 108 valence electrons. The Kier molecular flexibility index (Phi) is 4.73. The molecule has 0 amide bonds. The van der Waals surface area contributed by atoms with Gasteiger partial charge >= 0.3 is 5.97 Å². The molecule has 2 aromatic carbocycles. The summed E-state index contributed by atoms with van der Waals surface area (Å²) in [7, 11) is 0. The van der Waals surface area contributed by atoms with Crippen molar-refractivity contribution in [1.29, 1.82) is 0 Å². The fourth-order valence-electron chi connectivity index (χ4n) is 1.74. The van der Waals surface area contributed by atoms with Crippen LogP contribution in [0.25, 0.3) is 0 Å². The number of carboxylic acids is 1. The maximum absolute atomic E-state index is 10.8. The first-order valence-electron chi connectivity index (χ1n) is 6.21. The molecule has 0 heterocycles. The highest BCUT2D eigenvalue weighted by Crippen LogP contribution is 2.21. The molecule has 5 nitrogen and oxygen atoms in total. The average molecular weight is 302 g/mol. The molecule has 6 heteroatoms. The Morgan fingerprint density at radius 3 is 2.48 bits per heavy atom. The van der Waals surface area contributed by atoms with Crippen molar-refractivity contribution in [2.45, 2.75) is 6.54 Å². The molecule has 0 atom stereocenters. The van der Waals surface area contributed by atoms with Crippen LogP contribution in [0.4, 0.5) is 5.69 Å². The topological polar surface area (TPSA) is 81.6 Å². The zero-order valence-electron chi connectivity index (χ0n) is 11.0. The molecule has 0 fully saturated rings. The lowest BCUT2D eigenvalue weighted by atomic mass is 10.2. The van der Waals surface area contributed by atoms with Gasteiger partial charge in [0, 0.05) is 18.3 Å². The Bertz CT molecular complexity index is 659. The van der Waals surface area contributed by atoms with Gasteiger partial charge in [-0.05, 0) is 29.9 Å². The van der Waals surface area contributed by atoms with Gasteiger partial charge in [-0.1, -0.05) is 30.3 Å². The molecule has 0 aliphatic carbocycles. The monoisotopic (exact) mass is 302 g/mol. The van der Waals surface area contributed by atoms with Crippen LogP contribution in [0.2, 0.25) is 0 Å². The molecule has 4 N–H and O–H groups in total. The van der Waals surface area contributed by atoms with Crippen LogP contribution < -0.4 is 10.6 Å². The number of aromatic carboxylic acids is 1. The summed E-state index contributed by atoms with van der Waals surface area (Å²) in [5.41, 5.74) is 1.46. The number of rotatable bonds is 4. The van der Waals surface area contributed by atoms with Crippen molar-refractivity contribution in [3.63, 3.8) is 0 Å². The fourth-order valence-corrected chi connectivity index (χ4v) is 1.93. The number of benzene rings is 2. The first kappa shape index (κ1) is 14.8. The maximum atomic E-state index is 10.8. The Balaban J connectivity index is 1.94. The third-order valence-corrected chi connectivity index (χ3v) is 3.03. The molecule has 0 aromatic heterocycles. The largest absolute Gasteiger partial charge is 0.507 e. The first-order chi connectivity index (χ1) is 10.1. The summed E-state index contributed by atoms with van der Waals surface area (Å²) in [5, 5.41) is 24.7. The van der Waals surface area contributed by atoms with Crippen molar-refractivity contribution in [3.05, 3.63) is 59.7 Å². The quantitative estimate of drug-likeness (QED) is 0.650. The van der Waals surface area contributed by atoms with Crippen molar-refractivity contribution in [2.24, 2.45) is 0 Å². The molecule has 21 heavy (non-hydrogen) atoms. The van der Waals surface area contributed by atoms with E-state index in [-0.39, 0.29) is 11.3 Å². The summed E-state index contributed by atoms with van der Waals surface area (Å²) in [5.74, 6) is -1.48. The Hall–Kier alpha value is -2.60. The second-order valence-corrected chi connectivity index (χ2v) is 4.74. The van der Waals surface area contributed by atoms with Gasteiger partial charge in [0.1, 0.15) is 11.3 Å². The van der Waals surface area contributed by atoms with Crippen LogP contribution in [0.5, 0.6) is 5.75 Å². The van der Waals surface area contributed by atoms with E-state index in [1.807, 2.05) is 30.3 Å². The molecule has 0 saturated carbocycles. The molecule has 0 aliphatic heterocycles. The van der Waals surface area contributed by atoms with E-state index < -0.39 is 5.97 Å². The van der Waals surface area contributed by atoms with Gasteiger partial charge in [-0.3, -0.25) is 0 Å². The van der Waals surface area contributed by atoms with E-state index in [0.29, 0.717) is 17.3 Å². The van der Waals surface area contributed by atoms with Gasteiger partial charge < -0.3 is 20.8 Å². The zero-order chi connectivity index (χ0) is 15.2. The highest BCUT2D eigenvalue weighted by atomic mass is 32.1. The average Bonchev–Trinajstić information content (AvgIpc) is 2.46. The summed E-state index contributed by atoms with van der Waals surface area (Å²) in [6.45, 7) is 0.575. The van der Waals surface area contributed by atoms with Gasteiger partial charge in [0.05, 0.1) is 0 Å². The molecule has 0 unspecified atom stereocenters. The molecule has 2 rings (SSSR count). The minimum Gasteiger partial charge on any atom is -0.507 e. The first-order valence-corrected chi connectivity index (χ1v) is 6.62. The number of hydrogen-bond acceptors (Lipinski definition) is 3. The molecular weight excluding hydrogens is 288 g/mol. The zero-order valence-corrected chi connectivity index (χ0v) is 11.9. The molecule has 0 bridgehead atoms. The lowest BCUT2D eigenvalue weighted by Crippen LogP contribution is -2.27. The summed E-state index contributed by atoms with van der Waals surface area (Å²) >= 11 is 5.14. The summed E-state index contributed by atoms with van der Waals surface area (Å²) < 4.78 is 0. The van der Waals surface area contributed by atoms with Crippen LogP contribution in [0.1, 0.15) is 15.9 Å². The van der Waals surface area contributed by atoms with Crippen molar-refractivity contribution < 1.29 is 15.0 Å². The van der Waals surface area contributed by atoms with E-state index in [1.165, 1.54) is 12.1 Å². The minimum absolute atomic E-state index is 0.149. The highest BCUT2D eigenvalue weighted by Gasteiger charge is 2.09. The van der Waals surface area contributed by atoms with E-state index >= 15 is 0 Å². The number of carbonyl (C=O) groups is 1. The molecule has 0 radical (unpaired) electrons. The van der Waals surface area contributed by atoms with Gasteiger partial charge in [0.25, 0.3) is 0 Å². The fraction of sp³-hybridized carbons (Fsp3) is 0.0667. The summed E-state index contributed by atoms with van der Waals surface area (Å²) in [6.07, 6.45) is 0. The third-order valence-electron chi connectivity index (χ3n) is 2.78. The summed E-state index contributed by atoms with van der Waals surface area (Å²) in [6, 6.07) is 13.9. The van der Waals surface area contributed by atoms with Crippen LogP contribution in [0.3, 0.4) is 0 Å². The molecule has 0 saturated heterocycles. The standard InChI is InChI=1S/C15H14N2O3S/c18-13-8-11(6-7-12(13)14(19)20)17-15(21)16-9-10-4-2-1-3-5-10/h1-8,18H,9H2,(H,19,20)(H2,16,17,21). The van der Waals surface area contributed by atoms with Crippen LogP contribution in [0, 0.1) is 0 Å². The van der Waals surface area contributed by atoms with Gasteiger partial charge in [0.2, 0.25) is 0 Å². The lowest BCUT2D eigenvalue weighted by Gasteiger charge is -2.11. The number of phenols is 1. The number of hydrogen-bond donors (Lipinski definition) is 4. The van der Waals surface area contributed by atoms with Crippen LogP contribution >= 0.6 is 12.2 Å². The smallest absolute Gasteiger partial charge is 0.339 e. The second-order valence-electron chi connectivity index (χ2n) is 4.33. The van der Waals surface area contributed by atoms with Crippen molar-refractivity contribution in [2.75, 3.05) is 5.32 Å². The number of aromatic hydroxyl groups is 1. The van der Waals surface area contributed by atoms with Gasteiger partial charge in [-0.2, -0.15) is 0 Å². The van der Waals surface area contributed by atoms with Crippen molar-refractivity contribution in [3.8, 4) is 5.75 Å². The molecule has 0 aliphatic rings. The number of nitrogens with one attached hydrogen (secondary N) is 2. The summed E-state index contributed by atoms with van der Waals surface area (Å²) in [4.78, 5) is 10.8. The highest BCUT2D eigenvalue weighted by molar-refractivity contribution is 7.80. The van der Waals surface area contributed by atoms with Crippen LogP contribution in [0.15, 0.2) is 48.5 Å². The van der Waals surface area contributed by atoms with Gasteiger partial charge in [0.15, 0.2) is 5.11 Å². The second kappa shape index (κ2) is 6.71. The molecule has 2 aromatic rings. The predicted octanol–water partition coefficient (Wildman–Crippen LogP) is 2.58. The van der Waals surface area contributed by atoms with E-state index in [4.69, 9.17) is 17.3 Å². The molecule has 0 spiro atoms. The van der Waals surface area contributed by atoms with Gasteiger partial charge in [-0.25, -0.2) is 4.79 Å². The Labute approximate surface area is 127 Å². The minimum atomic E-state index is -1.18. The number of carboxylic acid groups (broad SMARTS) is 1. The van der Waals surface area contributed by atoms with Crippen molar-refractivity contribution >= 4 is 29.0 Å². The van der Waals surface area contributed by atoms with E-state index in [2.05, 4.69) is 10.6 Å². The Morgan fingerprint density at radius 1 is 1.14 bits per heavy atom. The predicted molar refractivity (Wildman–Crippen MR) is 84.6 cm³/mol. The maximum Gasteiger partial charge on any atom is 0.339 e.